The molecule has 0 aliphatic heterocycles. The Hall–Kier alpha value is -2.66. The molecule has 0 fully saturated rings. The maximum Gasteiger partial charge on any atom is 0.258 e. The zero-order valence-corrected chi connectivity index (χ0v) is 17.3. The van der Waals surface area contributed by atoms with Gasteiger partial charge in [-0.2, -0.15) is 0 Å². The molecule has 0 saturated carbocycles. The Morgan fingerprint density at radius 3 is 2.83 bits per heavy atom. The van der Waals surface area contributed by atoms with Gasteiger partial charge in [0.2, 0.25) is 5.91 Å². The number of rotatable bonds is 6. The fourth-order valence-corrected chi connectivity index (χ4v) is 4.17. The number of carbonyl (C=O) groups is 1. The van der Waals surface area contributed by atoms with Crippen molar-refractivity contribution in [1.29, 1.82) is 0 Å². The molecule has 1 aromatic heterocycles. The number of benzene rings is 2. The fraction of sp³-hybridized carbons (Fsp3) is 0.348. The van der Waals surface area contributed by atoms with Crippen LogP contribution in [0, 0.1) is 0 Å². The molecular weight excluding hydrogens is 386 g/mol. The molecule has 1 amide bonds. The van der Waals surface area contributed by atoms with Crippen molar-refractivity contribution in [3.8, 4) is 0 Å². The van der Waals surface area contributed by atoms with E-state index in [0.29, 0.717) is 34.7 Å². The fourth-order valence-electron chi connectivity index (χ4n) is 4.00. The molecule has 2 aromatic carbocycles. The molecule has 150 valence electrons. The summed E-state index contributed by atoms with van der Waals surface area (Å²) in [6, 6.07) is 11.4. The summed E-state index contributed by atoms with van der Waals surface area (Å²) in [6.07, 6.45) is 4.62. The van der Waals surface area contributed by atoms with Crippen LogP contribution in [-0.4, -0.2) is 27.3 Å². The maximum absolute atomic E-state index is 13.0. The number of aromatic nitrogens is 2. The first-order chi connectivity index (χ1) is 14.0. The molecule has 0 unspecified atom stereocenters. The van der Waals surface area contributed by atoms with E-state index in [1.165, 1.54) is 17.5 Å². The van der Waals surface area contributed by atoms with Gasteiger partial charge >= 0.3 is 0 Å². The molecule has 0 atom stereocenters. The Labute approximate surface area is 174 Å². The lowest BCUT2D eigenvalue weighted by atomic mass is 10.0. The van der Waals surface area contributed by atoms with Crippen LogP contribution in [0.5, 0.6) is 0 Å². The summed E-state index contributed by atoms with van der Waals surface area (Å²) in [4.78, 5) is 34.5. The van der Waals surface area contributed by atoms with Crippen molar-refractivity contribution in [1.82, 2.24) is 14.9 Å². The second-order valence-electron chi connectivity index (χ2n) is 7.62. The van der Waals surface area contributed by atoms with Gasteiger partial charge in [0.25, 0.3) is 5.56 Å². The topological polar surface area (TPSA) is 66.1 Å². The van der Waals surface area contributed by atoms with Crippen LogP contribution in [0.25, 0.3) is 10.9 Å². The summed E-state index contributed by atoms with van der Waals surface area (Å²) >= 11 is 6.04. The smallest absolute Gasteiger partial charge is 0.258 e. The van der Waals surface area contributed by atoms with Crippen LogP contribution in [0.4, 0.5) is 0 Å². The molecule has 1 aliphatic carbocycles. The Kier molecular flexibility index (Phi) is 5.67. The third-order valence-electron chi connectivity index (χ3n) is 5.42. The summed E-state index contributed by atoms with van der Waals surface area (Å²) in [6.45, 7) is 2.92. The third kappa shape index (κ3) is 4.35. The van der Waals surface area contributed by atoms with Gasteiger partial charge in [-0.1, -0.05) is 36.7 Å². The normalized spacial score (nSPS) is 12.9. The highest BCUT2D eigenvalue weighted by Gasteiger charge is 2.18. The van der Waals surface area contributed by atoms with E-state index in [4.69, 9.17) is 11.6 Å². The number of aromatic amines is 1. The quantitative estimate of drug-likeness (QED) is 0.668. The Bertz CT molecular complexity index is 1120. The first kappa shape index (κ1) is 19.6. The van der Waals surface area contributed by atoms with Crippen LogP contribution in [0.2, 0.25) is 5.02 Å². The van der Waals surface area contributed by atoms with Crippen LogP contribution in [0.1, 0.15) is 42.3 Å². The number of hydrogen-bond donors (Lipinski definition) is 1. The standard InChI is InChI=1S/C23H24ClN3O2/c1-2-10-27(22(28)12-15-6-7-16-4-3-5-17(16)11-15)14-21-25-20-13-18(24)8-9-19(20)23(29)26-21/h6-9,11,13H,2-5,10,12,14H2,1H3,(H,25,26,29). The molecule has 0 saturated heterocycles. The number of halogens is 1. The largest absolute Gasteiger partial charge is 0.335 e. The number of aryl methyl sites for hydroxylation is 2. The molecule has 3 aromatic rings. The predicted octanol–water partition coefficient (Wildman–Crippen LogP) is 4.05. The van der Waals surface area contributed by atoms with Crippen molar-refractivity contribution in [2.75, 3.05) is 6.54 Å². The summed E-state index contributed by atoms with van der Waals surface area (Å²) in [5.74, 6) is 0.513. The minimum absolute atomic E-state index is 0.0404. The number of amides is 1. The molecule has 1 aliphatic rings. The highest BCUT2D eigenvalue weighted by molar-refractivity contribution is 6.31. The van der Waals surface area contributed by atoms with E-state index in [0.717, 1.165) is 24.8 Å². The number of carbonyl (C=O) groups excluding carboxylic acids is 1. The highest BCUT2D eigenvalue weighted by Crippen LogP contribution is 2.23. The number of nitrogens with one attached hydrogen (secondary N) is 1. The molecule has 6 heteroatoms. The van der Waals surface area contributed by atoms with E-state index >= 15 is 0 Å². The van der Waals surface area contributed by atoms with Crippen molar-refractivity contribution in [2.24, 2.45) is 0 Å². The second kappa shape index (κ2) is 8.37. The van der Waals surface area contributed by atoms with Crippen LogP contribution in [-0.2, 0) is 30.6 Å². The van der Waals surface area contributed by atoms with E-state index in [-0.39, 0.29) is 18.0 Å². The van der Waals surface area contributed by atoms with Gasteiger partial charge in [0.15, 0.2) is 0 Å². The summed E-state index contributed by atoms with van der Waals surface area (Å²) < 4.78 is 0. The lowest BCUT2D eigenvalue weighted by Crippen LogP contribution is -2.34. The average Bonchev–Trinajstić information content (AvgIpc) is 3.15. The lowest BCUT2D eigenvalue weighted by Gasteiger charge is -2.22. The Morgan fingerprint density at radius 1 is 1.17 bits per heavy atom. The zero-order chi connectivity index (χ0) is 20.4. The maximum atomic E-state index is 13.0. The molecule has 0 spiro atoms. The van der Waals surface area contributed by atoms with Crippen LogP contribution >= 0.6 is 11.6 Å². The first-order valence-corrected chi connectivity index (χ1v) is 10.5. The summed E-state index contributed by atoms with van der Waals surface area (Å²) in [5, 5.41) is 1.02. The van der Waals surface area contributed by atoms with Gasteiger partial charge in [-0.3, -0.25) is 9.59 Å². The second-order valence-corrected chi connectivity index (χ2v) is 8.06. The minimum Gasteiger partial charge on any atom is -0.335 e. The van der Waals surface area contributed by atoms with E-state index in [1.54, 1.807) is 23.1 Å². The van der Waals surface area contributed by atoms with Gasteiger partial charge in [0.05, 0.1) is 23.9 Å². The molecule has 1 N–H and O–H groups in total. The van der Waals surface area contributed by atoms with Gasteiger partial charge in [0, 0.05) is 11.6 Å². The molecule has 0 bridgehead atoms. The monoisotopic (exact) mass is 409 g/mol. The van der Waals surface area contributed by atoms with Crippen molar-refractivity contribution in [2.45, 2.75) is 45.6 Å². The van der Waals surface area contributed by atoms with E-state index in [9.17, 15) is 9.59 Å². The van der Waals surface area contributed by atoms with Gasteiger partial charge in [-0.25, -0.2) is 4.98 Å². The average molecular weight is 410 g/mol. The SMILES string of the molecule is CCCN(Cc1nc2cc(Cl)ccc2c(=O)[nH]1)C(=O)Cc1ccc2c(c1)CCC2. The molecule has 0 radical (unpaired) electrons. The first-order valence-electron chi connectivity index (χ1n) is 10.1. The minimum atomic E-state index is -0.218. The van der Waals surface area contributed by atoms with E-state index in [1.807, 2.05) is 6.92 Å². The van der Waals surface area contributed by atoms with Gasteiger partial charge in [-0.15, -0.1) is 0 Å². The van der Waals surface area contributed by atoms with Crippen molar-refractivity contribution >= 4 is 28.4 Å². The van der Waals surface area contributed by atoms with Crippen LogP contribution in [0.3, 0.4) is 0 Å². The van der Waals surface area contributed by atoms with E-state index in [2.05, 4.69) is 28.2 Å². The lowest BCUT2D eigenvalue weighted by molar-refractivity contribution is -0.131. The van der Waals surface area contributed by atoms with Crippen molar-refractivity contribution in [3.05, 3.63) is 74.3 Å². The molecule has 5 nitrogen and oxygen atoms in total. The van der Waals surface area contributed by atoms with Crippen LogP contribution < -0.4 is 5.56 Å². The molecular formula is C23H24ClN3O2. The number of H-pyrrole nitrogens is 1. The Morgan fingerprint density at radius 2 is 2.00 bits per heavy atom. The number of nitrogens with zero attached hydrogens (tertiary/aromatic N) is 2. The summed E-state index contributed by atoms with van der Waals surface area (Å²) in [5.41, 5.74) is 4.14. The zero-order valence-electron chi connectivity index (χ0n) is 16.5. The molecule has 4 rings (SSSR count). The van der Waals surface area contributed by atoms with Crippen molar-refractivity contribution < 1.29 is 4.79 Å². The number of hydrogen-bond acceptors (Lipinski definition) is 3. The molecule has 29 heavy (non-hydrogen) atoms. The van der Waals surface area contributed by atoms with Gasteiger partial charge in [-0.05, 0) is 60.6 Å². The van der Waals surface area contributed by atoms with Gasteiger partial charge < -0.3 is 9.88 Å². The highest BCUT2D eigenvalue weighted by atomic mass is 35.5. The van der Waals surface area contributed by atoms with Crippen molar-refractivity contribution in [3.63, 3.8) is 0 Å². The van der Waals surface area contributed by atoms with Crippen LogP contribution in [0.15, 0.2) is 41.2 Å². The third-order valence-corrected chi connectivity index (χ3v) is 5.66. The molecule has 1 heterocycles. The predicted molar refractivity (Wildman–Crippen MR) is 115 cm³/mol. The van der Waals surface area contributed by atoms with Gasteiger partial charge in [0.1, 0.15) is 5.82 Å². The number of fused-ring (bicyclic) bond motifs is 2. The summed E-state index contributed by atoms with van der Waals surface area (Å²) in [7, 11) is 0. The van der Waals surface area contributed by atoms with E-state index < -0.39 is 0 Å². The Balaban J connectivity index is 1.55.